The van der Waals surface area contributed by atoms with Gasteiger partial charge in [0.1, 0.15) is 12.3 Å². The van der Waals surface area contributed by atoms with Gasteiger partial charge in [0.2, 0.25) is 0 Å². The van der Waals surface area contributed by atoms with E-state index in [9.17, 15) is 14.7 Å². The van der Waals surface area contributed by atoms with E-state index >= 15 is 0 Å². The fourth-order valence-electron chi connectivity index (χ4n) is 1.80. The number of aliphatic carboxylic acids is 1. The number of benzene rings is 2. The summed E-state index contributed by atoms with van der Waals surface area (Å²) >= 11 is 5.77. The van der Waals surface area contributed by atoms with Crippen molar-refractivity contribution in [2.45, 2.75) is 0 Å². The van der Waals surface area contributed by atoms with E-state index in [-0.39, 0.29) is 5.75 Å². The summed E-state index contributed by atoms with van der Waals surface area (Å²) in [7, 11) is 0. The highest BCUT2D eigenvalue weighted by Crippen LogP contribution is 2.21. The van der Waals surface area contributed by atoms with Crippen LogP contribution >= 0.6 is 11.6 Å². The number of hydrogen-bond acceptors (Lipinski definition) is 3. The lowest BCUT2D eigenvalue weighted by Crippen LogP contribution is -2.35. The van der Waals surface area contributed by atoms with Gasteiger partial charge in [-0.15, -0.1) is 0 Å². The molecule has 0 heterocycles. The predicted octanol–water partition coefficient (Wildman–Crippen LogP) is 2.78. The predicted molar refractivity (Wildman–Crippen MR) is 78.9 cm³/mol. The van der Waals surface area contributed by atoms with E-state index in [0.29, 0.717) is 16.3 Å². The highest BCUT2D eigenvalue weighted by Gasteiger charge is 2.20. The second kappa shape index (κ2) is 6.28. The van der Waals surface area contributed by atoms with Gasteiger partial charge in [0.15, 0.2) is 0 Å². The Balaban J connectivity index is 2.35. The molecular weight excluding hydrogens is 294 g/mol. The zero-order valence-electron chi connectivity index (χ0n) is 10.9. The van der Waals surface area contributed by atoms with Crippen LogP contribution in [0.3, 0.4) is 0 Å². The molecule has 21 heavy (non-hydrogen) atoms. The van der Waals surface area contributed by atoms with Gasteiger partial charge in [-0.3, -0.25) is 14.5 Å². The van der Waals surface area contributed by atoms with Crippen molar-refractivity contribution in [2.24, 2.45) is 0 Å². The van der Waals surface area contributed by atoms with Gasteiger partial charge in [-0.2, -0.15) is 0 Å². The zero-order chi connectivity index (χ0) is 15.4. The quantitative estimate of drug-likeness (QED) is 0.910. The minimum atomic E-state index is -1.13. The molecule has 2 aromatic rings. The zero-order valence-corrected chi connectivity index (χ0v) is 11.6. The van der Waals surface area contributed by atoms with Crippen LogP contribution in [0.2, 0.25) is 5.02 Å². The molecule has 2 aromatic carbocycles. The summed E-state index contributed by atoms with van der Waals surface area (Å²) in [6.07, 6.45) is 0. The number of anilines is 1. The van der Waals surface area contributed by atoms with Crippen molar-refractivity contribution in [1.29, 1.82) is 0 Å². The monoisotopic (exact) mass is 305 g/mol. The van der Waals surface area contributed by atoms with Crippen LogP contribution in [0, 0.1) is 0 Å². The first kappa shape index (κ1) is 14.9. The molecule has 0 atom stereocenters. The largest absolute Gasteiger partial charge is 0.508 e. The fourth-order valence-corrected chi connectivity index (χ4v) is 1.92. The average Bonchev–Trinajstić information content (AvgIpc) is 2.46. The van der Waals surface area contributed by atoms with Crippen molar-refractivity contribution >= 4 is 29.2 Å². The van der Waals surface area contributed by atoms with Crippen molar-refractivity contribution in [1.82, 2.24) is 0 Å². The summed E-state index contributed by atoms with van der Waals surface area (Å²) in [4.78, 5) is 24.5. The maximum Gasteiger partial charge on any atom is 0.323 e. The molecule has 2 rings (SSSR count). The van der Waals surface area contributed by atoms with Crippen LogP contribution in [0.5, 0.6) is 5.75 Å². The maximum absolute atomic E-state index is 12.4. The Bertz CT molecular complexity index is 652. The summed E-state index contributed by atoms with van der Waals surface area (Å²) in [6.45, 7) is -0.480. The number of amides is 1. The van der Waals surface area contributed by atoms with E-state index in [4.69, 9.17) is 16.7 Å². The van der Waals surface area contributed by atoms with Gasteiger partial charge in [-0.05, 0) is 48.5 Å². The van der Waals surface area contributed by atoms with Crippen LogP contribution in [0.1, 0.15) is 10.4 Å². The Morgan fingerprint density at radius 3 is 2.10 bits per heavy atom. The van der Waals surface area contributed by atoms with Gasteiger partial charge < -0.3 is 10.2 Å². The van der Waals surface area contributed by atoms with Crippen LogP contribution in [0.15, 0.2) is 48.5 Å². The van der Waals surface area contributed by atoms with Gasteiger partial charge >= 0.3 is 5.97 Å². The maximum atomic E-state index is 12.4. The van der Waals surface area contributed by atoms with E-state index < -0.39 is 18.4 Å². The van der Waals surface area contributed by atoms with E-state index in [1.807, 2.05) is 0 Å². The first-order valence-electron chi connectivity index (χ1n) is 6.05. The Morgan fingerprint density at radius 1 is 1.00 bits per heavy atom. The summed E-state index contributed by atoms with van der Waals surface area (Å²) in [5, 5.41) is 18.7. The van der Waals surface area contributed by atoms with Crippen LogP contribution in [0.4, 0.5) is 5.69 Å². The highest BCUT2D eigenvalue weighted by atomic mass is 35.5. The molecular formula is C15H12ClNO4. The molecule has 108 valence electrons. The van der Waals surface area contributed by atoms with Crippen LogP contribution in [-0.2, 0) is 4.79 Å². The van der Waals surface area contributed by atoms with Crippen LogP contribution in [-0.4, -0.2) is 28.6 Å². The number of aromatic hydroxyl groups is 1. The molecule has 6 heteroatoms. The third kappa shape index (κ3) is 3.73. The molecule has 0 aliphatic rings. The molecule has 0 saturated carbocycles. The minimum absolute atomic E-state index is 0.0352. The smallest absolute Gasteiger partial charge is 0.323 e. The molecule has 0 spiro atoms. The number of phenols is 1. The van der Waals surface area contributed by atoms with Crippen molar-refractivity contribution in [3.8, 4) is 5.75 Å². The molecule has 0 saturated heterocycles. The minimum Gasteiger partial charge on any atom is -0.508 e. The Hall–Kier alpha value is -2.53. The first-order chi connectivity index (χ1) is 9.97. The van der Waals surface area contributed by atoms with E-state index in [1.165, 1.54) is 36.4 Å². The second-order valence-corrected chi connectivity index (χ2v) is 4.74. The number of carboxylic acids is 1. The van der Waals surface area contributed by atoms with Crippen molar-refractivity contribution in [2.75, 3.05) is 11.4 Å². The number of rotatable bonds is 4. The fraction of sp³-hybridized carbons (Fsp3) is 0.0667. The normalized spacial score (nSPS) is 10.1. The van der Waals surface area contributed by atoms with Crippen molar-refractivity contribution in [3.05, 3.63) is 59.1 Å². The number of carboxylic acid groups (broad SMARTS) is 1. The summed E-state index contributed by atoms with van der Waals surface area (Å²) in [5.41, 5.74) is 0.712. The lowest BCUT2D eigenvalue weighted by molar-refractivity contribution is -0.135. The molecule has 0 aliphatic heterocycles. The molecule has 0 aliphatic carbocycles. The van der Waals surface area contributed by atoms with Gasteiger partial charge in [0, 0.05) is 16.3 Å². The standard InChI is InChI=1S/C15H12ClNO4/c16-11-3-1-10(2-4-11)15(21)17(9-14(19)20)12-5-7-13(18)8-6-12/h1-8,18H,9H2,(H,19,20). The molecule has 0 aromatic heterocycles. The molecule has 2 N–H and O–H groups in total. The van der Waals surface area contributed by atoms with Gasteiger partial charge in [0.25, 0.3) is 5.91 Å². The average molecular weight is 306 g/mol. The van der Waals surface area contributed by atoms with Gasteiger partial charge in [-0.25, -0.2) is 0 Å². The summed E-state index contributed by atoms with van der Waals surface area (Å²) in [6, 6.07) is 11.9. The number of halogens is 1. The lowest BCUT2D eigenvalue weighted by atomic mass is 10.1. The number of carbonyl (C=O) groups excluding carboxylic acids is 1. The Labute approximate surface area is 126 Å². The summed E-state index contributed by atoms with van der Waals surface area (Å²) in [5.74, 6) is -1.56. The third-order valence-corrected chi connectivity index (χ3v) is 3.04. The number of phenolic OH excluding ortho intramolecular Hbond substituents is 1. The molecule has 5 nitrogen and oxygen atoms in total. The topological polar surface area (TPSA) is 77.8 Å². The van der Waals surface area contributed by atoms with Crippen molar-refractivity contribution in [3.63, 3.8) is 0 Å². The van der Waals surface area contributed by atoms with Gasteiger partial charge in [-0.1, -0.05) is 11.6 Å². The van der Waals surface area contributed by atoms with Crippen molar-refractivity contribution < 1.29 is 19.8 Å². The van der Waals surface area contributed by atoms with E-state index in [0.717, 1.165) is 4.90 Å². The number of nitrogens with zero attached hydrogens (tertiary/aromatic N) is 1. The number of carbonyl (C=O) groups is 2. The van der Waals surface area contributed by atoms with Crippen LogP contribution in [0.25, 0.3) is 0 Å². The molecule has 0 unspecified atom stereocenters. The van der Waals surface area contributed by atoms with Crippen LogP contribution < -0.4 is 4.90 Å². The van der Waals surface area contributed by atoms with Gasteiger partial charge in [0.05, 0.1) is 0 Å². The first-order valence-corrected chi connectivity index (χ1v) is 6.43. The Morgan fingerprint density at radius 2 is 1.57 bits per heavy atom. The third-order valence-electron chi connectivity index (χ3n) is 2.79. The molecule has 0 radical (unpaired) electrons. The Kier molecular flexibility index (Phi) is 4.45. The summed E-state index contributed by atoms with van der Waals surface area (Å²) < 4.78 is 0. The molecule has 1 amide bonds. The lowest BCUT2D eigenvalue weighted by Gasteiger charge is -2.21. The molecule has 0 fully saturated rings. The molecule has 0 bridgehead atoms. The highest BCUT2D eigenvalue weighted by molar-refractivity contribution is 6.30. The van der Waals surface area contributed by atoms with E-state index in [2.05, 4.69) is 0 Å². The second-order valence-electron chi connectivity index (χ2n) is 4.31. The SMILES string of the molecule is O=C(O)CN(C(=O)c1ccc(Cl)cc1)c1ccc(O)cc1. The van der Waals surface area contributed by atoms with E-state index in [1.54, 1.807) is 12.1 Å². The number of hydrogen-bond donors (Lipinski definition) is 2.